The number of hydrogen-bond donors (Lipinski definition) is 0. The Morgan fingerprint density at radius 1 is 1.04 bits per heavy atom. The Labute approximate surface area is 164 Å². The second kappa shape index (κ2) is 7.32. The van der Waals surface area contributed by atoms with Gasteiger partial charge in [0.15, 0.2) is 0 Å². The van der Waals surface area contributed by atoms with Gasteiger partial charge >= 0.3 is 0 Å². The summed E-state index contributed by atoms with van der Waals surface area (Å²) in [7, 11) is 0. The Morgan fingerprint density at radius 2 is 1.75 bits per heavy atom. The molecule has 5 heteroatoms. The summed E-state index contributed by atoms with van der Waals surface area (Å²) in [6.07, 6.45) is 0. The molecule has 28 heavy (non-hydrogen) atoms. The van der Waals surface area contributed by atoms with Gasteiger partial charge in [-0.15, -0.1) is 0 Å². The number of carbonyl (C=O) groups excluding carboxylic acids is 1. The van der Waals surface area contributed by atoms with Crippen molar-refractivity contribution in [2.75, 3.05) is 31.1 Å². The van der Waals surface area contributed by atoms with E-state index in [9.17, 15) is 10.1 Å². The van der Waals surface area contributed by atoms with Crippen LogP contribution < -0.4 is 9.88 Å². The third-order valence-corrected chi connectivity index (χ3v) is 5.59. The van der Waals surface area contributed by atoms with E-state index >= 15 is 0 Å². The molecule has 1 aromatic heterocycles. The number of pyridine rings is 1. The average molecular weight is 371 g/mol. The zero-order chi connectivity index (χ0) is 19.7. The molecule has 0 radical (unpaired) electrons. The first-order valence-electron chi connectivity index (χ1n) is 9.54. The van der Waals surface area contributed by atoms with Gasteiger partial charge in [-0.25, -0.2) is 4.98 Å². The van der Waals surface area contributed by atoms with Crippen LogP contribution in [-0.2, 0) is 0 Å². The Bertz CT molecular complexity index is 1080. The standard InChI is InChI=1S/C23H22N4O/c1-16-8-9-19-14-20(15-24)22(25-21(19)17(16)2)26-10-12-27(13-11-26)23(28)18-6-4-3-5-7-18/h3-9,14H,10-13H2,1-2H3/p+1. The minimum Gasteiger partial charge on any atom is -0.331 e. The predicted octanol–water partition coefficient (Wildman–Crippen LogP) is 3.10. The van der Waals surface area contributed by atoms with E-state index in [1.807, 2.05) is 41.3 Å². The molecule has 1 aliphatic rings. The molecule has 1 amide bonds. The lowest BCUT2D eigenvalue weighted by Gasteiger charge is -2.31. The van der Waals surface area contributed by atoms with Crippen LogP contribution in [0.2, 0.25) is 0 Å². The van der Waals surface area contributed by atoms with Crippen LogP contribution in [-0.4, -0.2) is 37.0 Å². The Morgan fingerprint density at radius 3 is 2.43 bits per heavy atom. The molecule has 5 nitrogen and oxygen atoms in total. The number of amides is 1. The highest BCUT2D eigenvalue weighted by atomic mass is 16.2. The maximum absolute atomic E-state index is 12.7. The maximum atomic E-state index is 12.7. The molecule has 0 atom stereocenters. The van der Waals surface area contributed by atoms with Gasteiger partial charge in [-0.1, -0.05) is 30.3 Å². The molecule has 0 spiro atoms. The smallest absolute Gasteiger partial charge is 0.293 e. The van der Waals surface area contributed by atoms with Gasteiger partial charge in [0, 0.05) is 10.9 Å². The zero-order valence-corrected chi connectivity index (χ0v) is 16.2. The first kappa shape index (κ1) is 18.0. The summed E-state index contributed by atoms with van der Waals surface area (Å²) >= 11 is 0. The van der Waals surface area contributed by atoms with E-state index < -0.39 is 0 Å². The monoisotopic (exact) mass is 371 g/mol. The van der Waals surface area contributed by atoms with Crippen LogP contribution in [0, 0.1) is 25.2 Å². The Balaban J connectivity index is 1.59. The maximum Gasteiger partial charge on any atom is 0.293 e. The second-order valence-electron chi connectivity index (χ2n) is 7.26. The lowest BCUT2D eigenvalue weighted by Crippen LogP contribution is -2.50. The lowest BCUT2D eigenvalue weighted by molar-refractivity contribution is -0.331. The Kier molecular flexibility index (Phi) is 4.70. The molecule has 0 saturated carbocycles. The van der Waals surface area contributed by atoms with Gasteiger partial charge in [0.2, 0.25) is 0 Å². The summed E-state index contributed by atoms with van der Waals surface area (Å²) in [6.45, 7) is 6.85. The van der Waals surface area contributed by atoms with Crippen LogP contribution in [0.4, 0.5) is 5.82 Å². The number of aryl methyl sites for hydroxylation is 2. The number of anilines is 1. The summed E-state index contributed by atoms with van der Waals surface area (Å²) in [5.41, 5.74) is 4.84. The highest BCUT2D eigenvalue weighted by Gasteiger charge is 2.29. The van der Waals surface area contributed by atoms with E-state index in [0.717, 1.165) is 22.3 Å². The first-order valence-corrected chi connectivity index (χ1v) is 9.54. The quantitative estimate of drug-likeness (QED) is 0.695. The van der Waals surface area contributed by atoms with Crippen LogP contribution in [0.1, 0.15) is 27.0 Å². The first-order chi connectivity index (χ1) is 13.6. The number of piperazine rings is 1. The summed E-state index contributed by atoms with van der Waals surface area (Å²) in [5.74, 6) is 0.908. The van der Waals surface area contributed by atoms with Gasteiger partial charge in [0.05, 0.1) is 13.1 Å². The molecule has 1 fully saturated rings. The summed E-state index contributed by atoms with van der Waals surface area (Å²) in [5, 5.41) is 10.7. The van der Waals surface area contributed by atoms with Gasteiger partial charge in [-0.05, 0) is 43.2 Å². The van der Waals surface area contributed by atoms with Gasteiger partial charge in [-0.2, -0.15) is 5.26 Å². The molecule has 2 aromatic carbocycles. The van der Waals surface area contributed by atoms with Crippen LogP contribution in [0.5, 0.6) is 0 Å². The normalized spacial score (nSPS) is 14.2. The fraction of sp³-hybridized carbons (Fsp3) is 0.261. The predicted molar refractivity (Wildman–Crippen MR) is 109 cm³/mol. The number of H-pyrrole nitrogens is 1. The highest BCUT2D eigenvalue weighted by Crippen LogP contribution is 2.24. The molecule has 4 rings (SSSR count). The summed E-state index contributed by atoms with van der Waals surface area (Å²) in [4.78, 5) is 20.2. The third-order valence-electron chi connectivity index (χ3n) is 5.59. The number of aromatic nitrogens is 1. The summed E-state index contributed by atoms with van der Waals surface area (Å²) in [6, 6.07) is 17.8. The van der Waals surface area contributed by atoms with E-state index in [0.29, 0.717) is 31.7 Å². The van der Waals surface area contributed by atoms with Crippen molar-refractivity contribution in [2.45, 2.75) is 13.8 Å². The minimum absolute atomic E-state index is 0.0646. The van der Waals surface area contributed by atoms with Crippen molar-refractivity contribution in [1.82, 2.24) is 4.90 Å². The molecule has 140 valence electrons. The molecular formula is C23H23N4O+. The number of aromatic amines is 1. The van der Waals surface area contributed by atoms with E-state index in [1.54, 1.807) is 0 Å². The van der Waals surface area contributed by atoms with Crippen LogP contribution >= 0.6 is 0 Å². The fourth-order valence-corrected chi connectivity index (χ4v) is 3.76. The number of benzene rings is 2. The lowest BCUT2D eigenvalue weighted by atomic mass is 10.0. The minimum atomic E-state index is 0.0646. The van der Waals surface area contributed by atoms with Crippen molar-refractivity contribution in [1.29, 1.82) is 5.26 Å². The molecule has 2 heterocycles. The largest absolute Gasteiger partial charge is 0.331 e. The fourth-order valence-electron chi connectivity index (χ4n) is 3.76. The Hall–Kier alpha value is -3.39. The molecule has 0 bridgehead atoms. The van der Waals surface area contributed by atoms with Crippen molar-refractivity contribution < 1.29 is 9.78 Å². The van der Waals surface area contributed by atoms with Gasteiger partial charge in [0.25, 0.3) is 11.7 Å². The molecule has 1 saturated heterocycles. The molecular weight excluding hydrogens is 348 g/mol. The van der Waals surface area contributed by atoms with Crippen molar-refractivity contribution in [2.24, 2.45) is 0 Å². The van der Waals surface area contributed by atoms with Crippen molar-refractivity contribution in [3.05, 3.63) is 70.8 Å². The van der Waals surface area contributed by atoms with Gasteiger partial charge in [0.1, 0.15) is 30.2 Å². The number of fused-ring (bicyclic) bond motifs is 1. The number of nitrogens with one attached hydrogen (secondary N) is 1. The van der Waals surface area contributed by atoms with E-state index in [2.05, 4.69) is 41.9 Å². The number of nitrogens with zero attached hydrogens (tertiary/aromatic N) is 3. The summed E-state index contributed by atoms with van der Waals surface area (Å²) < 4.78 is 0. The van der Waals surface area contributed by atoms with Crippen molar-refractivity contribution >= 4 is 22.6 Å². The van der Waals surface area contributed by atoms with E-state index in [-0.39, 0.29) is 5.91 Å². The van der Waals surface area contributed by atoms with Crippen molar-refractivity contribution in [3.63, 3.8) is 0 Å². The zero-order valence-electron chi connectivity index (χ0n) is 16.2. The average Bonchev–Trinajstić information content (AvgIpc) is 2.76. The van der Waals surface area contributed by atoms with E-state index in [4.69, 9.17) is 0 Å². The number of rotatable bonds is 2. The van der Waals surface area contributed by atoms with Crippen molar-refractivity contribution in [3.8, 4) is 6.07 Å². The topological polar surface area (TPSA) is 61.5 Å². The van der Waals surface area contributed by atoms with Gasteiger partial charge in [-0.3, -0.25) is 9.69 Å². The van der Waals surface area contributed by atoms with Crippen LogP contribution in [0.25, 0.3) is 10.9 Å². The molecule has 1 N–H and O–H groups in total. The molecule has 0 unspecified atom stereocenters. The molecule has 1 aliphatic heterocycles. The highest BCUT2D eigenvalue weighted by molar-refractivity contribution is 5.94. The van der Waals surface area contributed by atoms with Crippen LogP contribution in [0.3, 0.4) is 0 Å². The van der Waals surface area contributed by atoms with E-state index in [1.165, 1.54) is 11.1 Å². The van der Waals surface area contributed by atoms with Crippen LogP contribution in [0.15, 0.2) is 48.5 Å². The number of hydrogen-bond acceptors (Lipinski definition) is 3. The number of carbonyl (C=O) groups is 1. The third kappa shape index (κ3) is 3.18. The molecule has 0 aliphatic carbocycles. The van der Waals surface area contributed by atoms with Gasteiger partial charge < -0.3 is 4.90 Å². The SMILES string of the molecule is Cc1ccc2cc(C#N)c(N3CCN(C(=O)c4ccccc4)CC3)[nH+]c2c1C. The second-order valence-corrected chi connectivity index (χ2v) is 7.26. The number of nitriles is 1. The molecule has 3 aromatic rings.